The van der Waals surface area contributed by atoms with Crippen molar-refractivity contribution in [2.75, 3.05) is 19.0 Å². The van der Waals surface area contributed by atoms with Crippen molar-refractivity contribution in [1.82, 2.24) is 9.38 Å². The number of hydrogen-bond donors (Lipinski definition) is 1. The maximum atomic E-state index is 13.0. The first kappa shape index (κ1) is 22.6. The number of thiazole rings is 1. The molecule has 0 fully saturated rings. The smallest absolute Gasteiger partial charge is 0.274 e. The number of imidazole rings is 1. The van der Waals surface area contributed by atoms with Crippen molar-refractivity contribution in [2.45, 2.75) is 13.8 Å². The summed E-state index contributed by atoms with van der Waals surface area (Å²) in [5, 5.41) is 2.84. The fourth-order valence-electron chi connectivity index (χ4n) is 3.82. The van der Waals surface area contributed by atoms with Crippen LogP contribution in [0.25, 0.3) is 22.1 Å². The van der Waals surface area contributed by atoms with Gasteiger partial charge in [0.1, 0.15) is 0 Å². The van der Waals surface area contributed by atoms with Crippen molar-refractivity contribution in [3.8, 4) is 11.5 Å². The number of nitrogens with one attached hydrogen (secondary N) is 1. The van der Waals surface area contributed by atoms with E-state index in [1.807, 2.05) is 62.4 Å². The van der Waals surface area contributed by atoms with Gasteiger partial charge < -0.3 is 14.8 Å². The number of ether oxygens (including phenoxy) is 2. The van der Waals surface area contributed by atoms with Crippen molar-refractivity contribution in [3.05, 3.63) is 92.2 Å². The standard InChI is InChI=1S/C27H23N3O4S/c1-16-8-10-19(12-17(16)2)28-25(31)15-34-22-11-9-18(13-23(22)33-3)14-24-26(32)30-21-7-5-4-6-20(21)29-27(30)35-24/h4-14H,15H2,1-3H3,(H,28,31). The van der Waals surface area contributed by atoms with Gasteiger partial charge in [-0.2, -0.15) is 0 Å². The van der Waals surface area contributed by atoms with E-state index < -0.39 is 0 Å². The molecule has 0 saturated carbocycles. The fraction of sp³-hybridized carbons (Fsp3) is 0.148. The van der Waals surface area contributed by atoms with Crippen molar-refractivity contribution in [1.29, 1.82) is 0 Å². The van der Waals surface area contributed by atoms with Gasteiger partial charge in [0.2, 0.25) is 0 Å². The predicted octanol–water partition coefficient (Wildman–Crippen LogP) is 4.10. The molecular weight excluding hydrogens is 462 g/mol. The Morgan fingerprint density at radius 1 is 1.06 bits per heavy atom. The van der Waals surface area contributed by atoms with E-state index in [-0.39, 0.29) is 18.1 Å². The summed E-state index contributed by atoms with van der Waals surface area (Å²) in [4.78, 5) is 30.6. The molecule has 8 heteroatoms. The maximum Gasteiger partial charge on any atom is 0.274 e. The van der Waals surface area contributed by atoms with Crippen molar-refractivity contribution >= 4 is 45.0 Å². The monoisotopic (exact) mass is 485 g/mol. The van der Waals surface area contributed by atoms with Crippen LogP contribution in [0.5, 0.6) is 11.5 Å². The molecule has 0 unspecified atom stereocenters. The first-order chi connectivity index (χ1) is 16.9. The van der Waals surface area contributed by atoms with Crippen LogP contribution in [-0.2, 0) is 4.79 Å². The summed E-state index contributed by atoms with van der Waals surface area (Å²) in [5.74, 6) is 0.641. The first-order valence-corrected chi connectivity index (χ1v) is 11.8. The molecule has 0 saturated heterocycles. The van der Waals surface area contributed by atoms with Gasteiger partial charge in [-0.15, -0.1) is 0 Å². The number of fused-ring (bicyclic) bond motifs is 3. The molecule has 0 aliphatic rings. The summed E-state index contributed by atoms with van der Waals surface area (Å²) in [6.07, 6.45) is 1.80. The molecule has 1 N–H and O–H groups in total. The summed E-state index contributed by atoms with van der Waals surface area (Å²) >= 11 is 1.34. The molecule has 0 radical (unpaired) electrons. The van der Waals surface area contributed by atoms with Crippen LogP contribution in [-0.4, -0.2) is 29.0 Å². The lowest BCUT2D eigenvalue weighted by Crippen LogP contribution is -2.22. The average Bonchev–Trinajstić information content (AvgIpc) is 3.36. The lowest BCUT2D eigenvalue weighted by molar-refractivity contribution is -0.118. The lowest BCUT2D eigenvalue weighted by atomic mass is 10.1. The number of carbonyl (C=O) groups excluding carboxylic acids is 1. The summed E-state index contributed by atoms with van der Waals surface area (Å²) in [5.41, 5.74) is 5.25. The molecule has 0 spiro atoms. The van der Waals surface area contributed by atoms with Gasteiger partial charge in [0.15, 0.2) is 23.1 Å². The number of aromatic nitrogens is 2. The number of methoxy groups -OCH3 is 1. The number of aryl methyl sites for hydroxylation is 2. The number of carbonyl (C=O) groups is 1. The molecule has 1 amide bonds. The Hall–Kier alpha value is -4.17. The van der Waals surface area contributed by atoms with E-state index in [2.05, 4.69) is 10.3 Å². The van der Waals surface area contributed by atoms with Gasteiger partial charge in [-0.05, 0) is 73.0 Å². The fourth-order valence-corrected chi connectivity index (χ4v) is 4.80. The molecule has 2 aromatic heterocycles. The van der Waals surface area contributed by atoms with Crippen molar-refractivity contribution in [2.24, 2.45) is 0 Å². The summed E-state index contributed by atoms with van der Waals surface area (Å²) in [6.45, 7) is 3.86. The predicted molar refractivity (Wildman–Crippen MR) is 139 cm³/mol. The first-order valence-electron chi connectivity index (χ1n) is 11.0. The van der Waals surface area contributed by atoms with Crippen LogP contribution >= 0.6 is 11.3 Å². The van der Waals surface area contributed by atoms with Crippen LogP contribution in [0.15, 0.2) is 65.5 Å². The highest BCUT2D eigenvalue weighted by Gasteiger charge is 2.12. The maximum absolute atomic E-state index is 13.0. The van der Waals surface area contributed by atoms with E-state index in [4.69, 9.17) is 9.47 Å². The zero-order valence-electron chi connectivity index (χ0n) is 19.5. The molecular formula is C27H23N3O4S. The van der Waals surface area contributed by atoms with Gasteiger partial charge in [-0.1, -0.05) is 35.6 Å². The molecule has 176 valence electrons. The molecule has 0 aliphatic carbocycles. The molecule has 0 bridgehead atoms. The minimum atomic E-state index is -0.268. The zero-order valence-corrected chi connectivity index (χ0v) is 20.3. The molecule has 5 aromatic rings. The van der Waals surface area contributed by atoms with Gasteiger partial charge in [-0.25, -0.2) is 9.38 Å². The molecule has 3 aromatic carbocycles. The summed E-state index contributed by atoms with van der Waals surface area (Å²) in [7, 11) is 1.53. The number of nitrogens with zero attached hydrogens (tertiary/aromatic N) is 2. The molecule has 0 aliphatic heterocycles. The molecule has 2 heterocycles. The van der Waals surface area contributed by atoms with Crippen LogP contribution < -0.4 is 24.9 Å². The van der Waals surface area contributed by atoms with Crippen LogP contribution in [0, 0.1) is 13.8 Å². The van der Waals surface area contributed by atoms with Crippen molar-refractivity contribution in [3.63, 3.8) is 0 Å². The second kappa shape index (κ2) is 9.23. The Balaban J connectivity index is 1.35. The molecule has 0 atom stereocenters. The Bertz CT molecular complexity index is 1690. The van der Waals surface area contributed by atoms with Gasteiger partial charge in [-0.3, -0.25) is 9.59 Å². The van der Waals surface area contributed by atoms with E-state index in [1.54, 1.807) is 22.6 Å². The number of hydrogen-bond acceptors (Lipinski definition) is 6. The highest BCUT2D eigenvalue weighted by molar-refractivity contribution is 7.15. The second-order valence-corrected chi connectivity index (χ2v) is 9.19. The van der Waals surface area contributed by atoms with Crippen LogP contribution in [0.2, 0.25) is 0 Å². The Kier molecular flexibility index (Phi) is 5.96. The van der Waals surface area contributed by atoms with E-state index >= 15 is 0 Å². The summed E-state index contributed by atoms with van der Waals surface area (Å²) in [6, 6.07) is 18.6. The number of para-hydroxylation sites is 2. The minimum absolute atomic E-state index is 0.110. The number of amides is 1. The molecule has 35 heavy (non-hydrogen) atoms. The van der Waals surface area contributed by atoms with Gasteiger partial charge in [0, 0.05) is 5.69 Å². The normalized spacial score (nSPS) is 11.8. The van der Waals surface area contributed by atoms with Gasteiger partial charge in [0.05, 0.1) is 22.7 Å². The number of rotatable bonds is 6. The van der Waals surface area contributed by atoms with Gasteiger partial charge in [0.25, 0.3) is 11.5 Å². The molecule has 7 nitrogen and oxygen atoms in total. The third kappa shape index (κ3) is 4.48. The topological polar surface area (TPSA) is 81.9 Å². The van der Waals surface area contributed by atoms with Crippen molar-refractivity contribution < 1.29 is 14.3 Å². The third-order valence-corrected chi connectivity index (χ3v) is 6.75. The van der Waals surface area contributed by atoms with Gasteiger partial charge >= 0.3 is 0 Å². The Labute approximate surface area is 205 Å². The van der Waals surface area contributed by atoms with E-state index in [9.17, 15) is 9.59 Å². The van der Waals surface area contributed by atoms with E-state index in [0.29, 0.717) is 21.0 Å². The highest BCUT2D eigenvalue weighted by atomic mass is 32.1. The third-order valence-electron chi connectivity index (χ3n) is 5.78. The zero-order chi connectivity index (χ0) is 24.5. The minimum Gasteiger partial charge on any atom is -0.493 e. The van der Waals surface area contributed by atoms with E-state index in [0.717, 1.165) is 33.4 Å². The number of benzene rings is 3. The van der Waals surface area contributed by atoms with E-state index in [1.165, 1.54) is 18.4 Å². The number of anilines is 1. The highest BCUT2D eigenvalue weighted by Crippen LogP contribution is 2.28. The SMILES string of the molecule is COc1cc(C=c2sc3nc4ccccc4n3c2=O)ccc1OCC(=O)Nc1ccc(C)c(C)c1. The summed E-state index contributed by atoms with van der Waals surface area (Å²) < 4.78 is 13.4. The average molecular weight is 486 g/mol. The van der Waals surface area contributed by atoms with Crippen LogP contribution in [0.4, 0.5) is 5.69 Å². The Morgan fingerprint density at radius 2 is 1.89 bits per heavy atom. The quantitative estimate of drug-likeness (QED) is 0.392. The second-order valence-electron chi connectivity index (χ2n) is 8.18. The molecule has 5 rings (SSSR count). The van der Waals surface area contributed by atoms with Crippen LogP contribution in [0.3, 0.4) is 0 Å². The van der Waals surface area contributed by atoms with Crippen LogP contribution in [0.1, 0.15) is 16.7 Å². The lowest BCUT2D eigenvalue weighted by Gasteiger charge is -2.12. The Morgan fingerprint density at radius 3 is 2.69 bits per heavy atom. The largest absolute Gasteiger partial charge is 0.493 e.